The zero-order valence-corrected chi connectivity index (χ0v) is 17.6. The summed E-state index contributed by atoms with van der Waals surface area (Å²) in [5, 5.41) is 0. The number of halogens is 1. The van der Waals surface area contributed by atoms with Crippen LogP contribution < -0.4 is 0 Å². The van der Waals surface area contributed by atoms with Crippen molar-refractivity contribution in [3.8, 4) is 0 Å². The lowest BCUT2D eigenvalue weighted by atomic mass is 9.92. The monoisotopic (exact) mass is 390 g/mol. The largest absolute Gasteiger partial charge is 0.444 e. The van der Waals surface area contributed by atoms with Crippen molar-refractivity contribution in [3.05, 3.63) is 35.6 Å². The number of carbonyl (C=O) groups excluding carboxylic acids is 1. The van der Waals surface area contributed by atoms with Gasteiger partial charge in [-0.25, -0.2) is 9.18 Å². The smallest absolute Gasteiger partial charge is 0.410 e. The van der Waals surface area contributed by atoms with Gasteiger partial charge in [-0.3, -0.25) is 4.90 Å². The molecule has 2 saturated heterocycles. The number of likely N-dealkylation sites (tertiary alicyclic amines) is 2. The van der Waals surface area contributed by atoms with Crippen LogP contribution in [0, 0.1) is 11.7 Å². The molecule has 3 rings (SSSR count). The van der Waals surface area contributed by atoms with Crippen LogP contribution in [0.15, 0.2) is 24.3 Å². The highest BCUT2D eigenvalue weighted by Gasteiger charge is 2.31. The van der Waals surface area contributed by atoms with Crippen molar-refractivity contribution in [1.82, 2.24) is 9.80 Å². The van der Waals surface area contributed by atoms with Gasteiger partial charge in [0.15, 0.2) is 0 Å². The van der Waals surface area contributed by atoms with Gasteiger partial charge in [-0.15, -0.1) is 0 Å². The average molecular weight is 391 g/mol. The topological polar surface area (TPSA) is 32.8 Å². The Hall–Kier alpha value is -1.62. The Labute approximate surface area is 169 Å². The van der Waals surface area contributed by atoms with Crippen LogP contribution in [0.5, 0.6) is 0 Å². The van der Waals surface area contributed by atoms with Crippen molar-refractivity contribution in [1.29, 1.82) is 0 Å². The molecule has 2 heterocycles. The van der Waals surface area contributed by atoms with Gasteiger partial charge in [0.1, 0.15) is 11.4 Å². The Bertz CT molecular complexity index is 641. The van der Waals surface area contributed by atoms with E-state index in [0.29, 0.717) is 12.0 Å². The van der Waals surface area contributed by atoms with Gasteiger partial charge in [-0.05, 0) is 83.0 Å². The predicted molar refractivity (Wildman–Crippen MR) is 110 cm³/mol. The molecular weight excluding hydrogens is 355 g/mol. The van der Waals surface area contributed by atoms with Gasteiger partial charge in [-0.2, -0.15) is 0 Å². The Morgan fingerprint density at radius 1 is 1.11 bits per heavy atom. The average Bonchev–Trinajstić information content (AvgIpc) is 2.64. The summed E-state index contributed by atoms with van der Waals surface area (Å²) < 4.78 is 18.8. The van der Waals surface area contributed by atoms with Crippen LogP contribution in [-0.4, -0.2) is 53.7 Å². The molecule has 2 atom stereocenters. The van der Waals surface area contributed by atoms with Crippen LogP contribution in [0.25, 0.3) is 0 Å². The fraction of sp³-hybridized carbons (Fsp3) is 0.696. The number of rotatable bonds is 4. The van der Waals surface area contributed by atoms with Crippen LogP contribution in [0.1, 0.15) is 58.4 Å². The second kappa shape index (κ2) is 9.25. The Balaban J connectivity index is 1.57. The lowest BCUT2D eigenvalue weighted by Crippen LogP contribution is -2.48. The summed E-state index contributed by atoms with van der Waals surface area (Å²) in [4.78, 5) is 16.9. The zero-order chi connectivity index (χ0) is 20.1. The van der Waals surface area contributed by atoms with Crippen molar-refractivity contribution >= 4 is 6.09 Å². The lowest BCUT2D eigenvalue weighted by molar-refractivity contribution is 0.0122. The number of nitrogens with zero attached hydrogens (tertiary/aromatic N) is 2. The molecule has 0 radical (unpaired) electrons. The molecule has 5 heteroatoms. The summed E-state index contributed by atoms with van der Waals surface area (Å²) in [6, 6.07) is 7.45. The van der Waals surface area contributed by atoms with E-state index in [1.807, 2.05) is 37.8 Å². The number of amides is 1. The lowest BCUT2D eigenvalue weighted by Gasteiger charge is -2.41. The van der Waals surface area contributed by atoms with E-state index in [1.165, 1.54) is 31.2 Å². The number of hydrogen-bond acceptors (Lipinski definition) is 3. The van der Waals surface area contributed by atoms with E-state index in [1.54, 1.807) is 12.1 Å². The first-order chi connectivity index (χ1) is 13.3. The predicted octanol–water partition coefficient (Wildman–Crippen LogP) is 4.87. The van der Waals surface area contributed by atoms with E-state index in [9.17, 15) is 9.18 Å². The summed E-state index contributed by atoms with van der Waals surface area (Å²) in [5.41, 5.74) is 0.759. The van der Waals surface area contributed by atoms with Gasteiger partial charge in [0.2, 0.25) is 0 Å². The second-order valence-corrected chi connectivity index (χ2v) is 9.41. The number of ether oxygens (including phenoxy) is 1. The first kappa shape index (κ1) is 21.1. The Morgan fingerprint density at radius 2 is 1.86 bits per heavy atom. The molecule has 0 aromatic heterocycles. The molecule has 2 aliphatic heterocycles. The number of hydrogen-bond donors (Lipinski definition) is 0. The van der Waals surface area contributed by atoms with Crippen molar-refractivity contribution in [2.24, 2.45) is 5.92 Å². The van der Waals surface area contributed by atoms with E-state index >= 15 is 0 Å². The first-order valence-corrected chi connectivity index (χ1v) is 10.8. The third kappa shape index (κ3) is 6.20. The molecule has 156 valence electrons. The summed E-state index contributed by atoms with van der Waals surface area (Å²) in [7, 11) is 0. The normalized spacial score (nSPS) is 24.2. The molecule has 0 aliphatic carbocycles. The molecule has 4 nitrogen and oxygen atoms in total. The fourth-order valence-corrected chi connectivity index (χ4v) is 4.46. The molecule has 0 saturated carbocycles. The molecule has 1 aromatic carbocycles. The first-order valence-electron chi connectivity index (χ1n) is 10.8. The van der Waals surface area contributed by atoms with E-state index in [-0.39, 0.29) is 11.9 Å². The highest BCUT2D eigenvalue weighted by molar-refractivity contribution is 5.68. The third-order valence-electron chi connectivity index (χ3n) is 5.80. The van der Waals surface area contributed by atoms with Crippen molar-refractivity contribution < 1.29 is 13.9 Å². The summed E-state index contributed by atoms with van der Waals surface area (Å²) in [6.07, 6.45) is 6.69. The summed E-state index contributed by atoms with van der Waals surface area (Å²) >= 11 is 0. The molecule has 0 N–H and O–H groups in total. The van der Waals surface area contributed by atoms with E-state index in [2.05, 4.69) is 4.90 Å². The SMILES string of the molecule is CC(C)(C)OC(=O)N1CCC[C@@H](CN2CCCCC2Cc2ccc(F)cc2)C1. The molecule has 1 unspecified atom stereocenters. The van der Waals surface area contributed by atoms with Crippen molar-refractivity contribution in [2.45, 2.75) is 70.9 Å². The number of piperidine rings is 2. The highest BCUT2D eigenvalue weighted by Crippen LogP contribution is 2.26. The second-order valence-electron chi connectivity index (χ2n) is 9.41. The molecule has 28 heavy (non-hydrogen) atoms. The Kier molecular flexibility index (Phi) is 6.97. The van der Waals surface area contributed by atoms with Gasteiger partial charge in [0, 0.05) is 25.7 Å². The van der Waals surface area contributed by atoms with E-state index in [0.717, 1.165) is 39.0 Å². The van der Waals surface area contributed by atoms with Crippen molar-refractivity contribution in [3.63, 3.8) is 0 Å². The molecule has 2 fully saturated rings. The van der Waals surface area contributed by atoms with Gasteiger partial charge < -0.3 is 9.64 Å². The van der Waals surface area contributed by atoms with Crippen LogP contribution in [-0.2, 0) is 11.2 Å². The Morgan fingerprint density at radius 3 is 2.57 bits per heavy atom. The maximum Gasteiger partial charge on any atom is 0.410 e. The fourth-order valence-electron chi connectivity index (χ4n) is 4.46. The standard InChI is InChI=1S/C23H35FN2O2/c1-23(2,3)28-22(27)26-14-6-7-19(17-26)16-25-13-5-4-8-21(25)15-18-9-11-20(24)12-10-18/h9-12,19,21H,4-8,13-17H2,1-3H3/t19-,21?/m0/s1. The minimum absolute atomic E-state index is 0.173. The maximum absolute atomic E-state index is 13.2. The highest BCUT2D eigenvalue weighted by atomic mass is 19.1. The maximum atomic E-state index is 13.2. The van der Waals surface area contributed by atoms with Crippen LogP contribution in [0.4, 0.5) is 9.18 Å². The molecule has 1 amide bonds. The third-order valence-corrected chi connectivity index (χ3v) is 5.80. The summed E-state index contributed by atoms with van der Waals surface area (Å²) in [6.45, 7) is 9.49. The molecule has 0 spiro atoms. The van der Waals surface area contributed by atoms with Gasteiger partial charge in [-0.1, -0.05) is 18.6 Å². The van der Waals surface area contributed by atoms with Gasteiger partial charge >= 0.3 is 6.09 Å². The van der Waals surface area contributed by atoms with E-state index < -0.39 is 5.60 Å². The molecule has 1 aromatic rings. The van der Waals surface area contributed by atoms with Crippen molar-refractivity contribution in [2.75, 3.05) is 26.2 Å². The molecule has 0 bridgehead atoms. The van der Waals surface area contributed by atoms with Crippen LogP contribution in [0.3, 0.4) is 0 Å². The number of benzene rings is 1. The summed E-state index contributed by atoms with van der Waals surface area (Å²) in [5.74, 6) is 0.323. The van der Waals surface area contributed by atoms with Gasteiger partial charge in [0.25, 0.3) is 0 Å². The molecular formula is C23H35FN2O2. The minimum Gasteiger partial charge on any atom is -0.444 e. The number of carbonyl (C=O) groups is 1. The minimum atomic E-state index is -0.447. The quantitative estimate of drug-likeness (QED) is 0.735. The molecule has 2 aliphatic rings. The zero-order valence-electron chi connectivity index (χ0n) is 17.6. The van der Waals surface area contributed by atoms with E-state index in [4.69, 9.17) is 4.74 Å². The van der Waals surface area contributed by atoms with Crippen LogP contribution in [0.2, 0.25) is 0 Å². The van der Waals surface area contributed by atoms with Gasteiger partial charge in [0.05, 0.1) is 0 Å². The van der Waals surface area contributed by atoms with Crippen LogP contribution >= 0.6 is 0 Å².